The van der Waals surface area contributed by atoms with Crippen LogP contribution in [0, 0.1) is 0 Å². The first kappa shape index (κ1) is 30.0. The minimum atomic E-state index is -0.311. The second-order valence-corrected chi connectivity index (χ2v) is 9.64. The third-order valence-corrected chi connectivity index (χ3v) is 7.58. The minimum Gasteiger partial charge on any atom is -0.462 e. The van der Waals surface area contributed by atoms with Crippen molar-refractivity contribution in [3.05, 3.63) is 47.5 Å². The number of thiophene rings is 1. The van der Waals surface area contributed by atoms with Crippen LogP contribution < -0.4 is 0 Å². The molecular weight excluding hydrogens is 496 g/mol. The summed E-state index contributed by atoms with van der Waals surface area (Å²) in [6.07, 6.45) is 1.63. The van der Waals surface area contributed by atoms with Crippen LogP contribution in [0.4, 0.5) is 0 Å². The normalized spacial score (nSPS) is 11.3. The van der Waals surface area contributed by atoms with Gasteiger partial charge in [0.15, 0.2) is 0 Å². The largest absolute Gasteiger partial charge is 0.462 e. The number of esters is 2. The summed E-state index contributed by atoms with van der Waals surface area (Å²) in [5.41, 5.74) is 1.06. The van der Waals surface area contributed by atoms with Crippen LogP contribution in [-0.2, 0) is 9.47 Å². The molecule has 0 fully saturated rings. The first-order chi connectivity index (χ1) is 17.0. The number of benzene rings is 2. The van der Waals surface area contributed by atoms with E-state index in [9.17, 15) is 9.59 Å². The molecule has 0 spiro atoms. The zero-order valence-corrected chi connectivity index (χ0v) is 23.5. The lowest BCUT2D eigenvalue weighted by Crippen LogP contribution is -2.25. The zero-order chi connectivity index (χ0) is 25.2. The monoisotopic (exact) mass is 534 g/mol. The van der Waals surface area contributed by atoms with Crippen molar-refractivity contribution in [2.75, 3.05) is 52.5 Å². The Morgan fingerprint density at radius 1 is 0.694 bits per heavy atom. The second kappa shape index (κ2) is 15.2. The summed E-state index contributed by atoms with van der Waals surface area (Å²) in [4.78, 5) is 29.9. The number of halogens is 1. The number of ether oxygens (including phenoxy) is 2. The Labute approximate surface area is 224 Å². The smallest absolute Gasteiger partial charge is 0.338 e. The average Bonchev–Trinajstić information content (AvgIpc) is 3.25. The summed E-state index contributed by atoms with van der Waals surface area (Å²) in [5.74, 6) is -0.621. The van der Waals surface area contributed by atoms with Gasteiger partial charge in [0.2, 0.25) is 0 Å². The molecule has 0 amide bonds. The molecule has 8 heteroatoms. The number of fused-ring (bicyclic) bond motifs is 3. The van der Waals surface area contributed by atoms with E-state index in [1.54, 1.807) is 11.3 Å². The molecule has 6 nitrogen and oxygen atoms in total. The molecule has 2 aromatic carbocycles. The predicted octanol–water partition coefficient (Wildman–Crippen LogP) is 6.25. The Balaban J connectivity index is 0.00000456. The molecule has 198 valence electrons. The first-order valence-electron chi connectivity index (χ1n) is 12.8. The molecule has 0 saturated carbocycles. The van der Waals surface area contributed by atoms with E-state index in [0.29, 0.717) is 24.3 Å². The Hall–Kier alpha value is -2.19. The summed E-state index contributed by atoms with van der Waals surface area (Å²) < 4.78 is 13.2. The van der Waals surface area contributed by atoms with Gasteiger partial charge in [-0.25, -0.2) is 9.59 Å². The number of hydrogen-bond donors (Lipinski definition) is 0. The van der Waals surface area contributed by atoms with Gasteiger partial charge in [-0.2, -0.15) is 0 Å². The highest BCUT2D eigenvalue weighted by Crippen LogP contribution is 2.35. The van der Waals surface area contributed by atoms with Gasteiger partial charge in [-0.15, -0.1) is 23.7 Å². The quantitative estimate of drug-likeness (QED) is 0.180. The third-order valence-electron chi connectivity index (χ3n) is 6.43. The number of hydrogen-bond acceptors (Lipinski definition) is 7. The molecule has 36 heavy (non-hydrogen) atoms. The van der Waals surface area contributed by atoms with E-state index < -0.39 is 0 Å². The van der Waals surface area contributed by atoms with Crippen LogP contribution in [0.5, 0.6) is 0 Å². The molecule has 0 aliphatic heterocycles. The van der Waals surface area contributed by atoms with E-state index in [-0.39, 0.29) is 24.3 Å². The van der Waals surface area contributed by atoms with Crippen molar-refractivity contribution >= 4 is 55.9 Å². The van der Waals surface area contributed by atoms with Crippen LogP contribution in [0.2, 0.25) is 0 Å². The molecule has 0 unspecified atom stereocenters. The first-order valence-corrected chi connectivity index (χ1v) is 13.6. The van der Waals surface area contributed by atoms with E-state index in [4.69, 9.17) is 9.47 Å². The highest BCUT2D eigenvalue weighted by Gasteiger charge is 2.14. The number of carbonyl (C=O) groups is 2. The summed E-state index contributed by atoms with van der Waals surface area (Å²) in [7, 11) is 0. The fraction of sp³-hybridized carbons (Fsp3) is 0.500. The average molecular weight is 535 g/mol. The van der Waals surface area contributed by atoms with Crippen molar-refractivity contribution in [3.63, 3.8) is 0 Å². The summed E-state index contributed by atoms with van der Waals surface area (Å²) in [5, 5.41) is 1.91. The molecule has 0 N–H and O–H groups in total. The number of nitrogens with zero attached hydrogens (tertiary/aromatic N) is 2. The fourth-order valence-corrected chi connectivity index (χ4v) is 5.25. The molecule has 0 aliphatic carbocycles. The predicted molar refractivity (Wildman–Crippen MR) is 152 cm³/mol. The van der Waals surface area contributed by atoms with Crippen molar-refractivity contribution in [1.82, 2.24) is 9.80 Å². The Morgan fingerprint density at radius 3 is 1.44 bits per heavy atom. The molecule has 0 atom stereocenters. The summed E-state index contributed by atoms with van der Waals surface area (Å²) >= 11 is 1.65. The lowest BCUT2D eigenvalue weighted by molar-refractivity contribution is 0.0480. The minimum absolute atomic E-state index is 0. The lowest BCUT2D eigenvalue weighted by Gasteiger charge is -2.17. The maximum absolute atomic E-state index is 12.6. The number of rotatable bonds is 14. The van der Waals surface area contributed by atoms with Crippen molar-refractivity contribution < 1.29 is 19.1 Å². The Bertz CT molecular complexity index is 1040. The molecule has 1 heterocycles. The van der Waals surface area contributed by atoms with Gasteiger partial charge in [0, 0.05) is 33.3 Å². The van der Waals surface area contributed by atoms with Crippen LogP contribution in [0.3, 0.4) is 0 Å². The van der Waals surface area contributed by atoms with Crippen LogP contribution in [0.25, 0.3) is 20.2 Å². The molecule has 0 aliphatic rings. The van der Waals surface area contributed by atoms with Gasteiger partial charge in [0.1, 0.15) is 0 Å². The number of carbonyl (C=O) groups excluding carboxylic acids is 2. The summed E-state index contributed by atoms with van der Waals surface area (Å²) in [6, 6.07) is 11.3. The van der Waals surface area contributed by atoms with Crippen LogP contribution in [-0.4, -0.2) is 74.2 Å². The molecule has 3 aromatic rings. The second-order valence-electron chi connectivity index (χ2n) is 8.56. The van der Waals surface area contributed by atoms with Gasteiger partial charge in [-0.05, 0) is 75.4 Å². The molecule has 0 bridgehead atoms. The van der Waals surface area contributed by atoms with Gasteiger partial charge in [-0.3, -0.25) is 0 Å². The Morgan fingerprint density at radius 2 is 1.08 bits per heavy atom. The maximum atomic E-state index is 12.6. The van der Waals surface area contributed by atoms with Crippen molar-refractivity contribution in [1.29, 1.82) is 0 Å². The standard InChI is InChI=1S/C28H38N2O4S.ClH/c1-5-29(6-2)15-9-17-33-27(31)21-11-13-25-23(19-21)24-20-22(12-14-26(24)35-25)28(32)34-18-10-16-30(7-3)8-4;/h11-14,19-20H,5-10,15-18H2,1-4H3;1H. The summed E-state index contributed by atoms with van der Waals surface area (Å²) in [6.45, 7) is 15.2. The Kier molecular flexibility index (Phi) is 12.6. The fourth-order valence-electron chi connectivity index (χ4n) is 4.18. The van der Waals surface area contributed by atoms with Gasteiger partial charge in [0.25, 0.3) is 0 Å². The molecule has 0 radical (unpaired) electrons. The topological polar surface area (TPSA) is 59.1 Å². The van der Waals surface area contributed by atoms with Gasteiger partial charge in [0.05, 0.1) is 24.3 Å². The van der Waals surface area contributed by atoms with E-state index >= 15 is 0 Å². The maximum Gasteiger partial charge on any atom is 0.338 e. The molecular formula is C28H39ClN2O4S. The van der Waals surface area contributed by atoms with Crippen molar-refractivity contribution in [2.45, 2.75) is 40.5 Å². The molecule has 3 rings (SSSR count). The highest BCUT2D eigenvalue weighted by atomic mass is 35.5. The van der Waals surface area contributed by atoms with E-state index in [1.807, 2.05) is 36.4 Å². The van der Waals surface area contributed by atoms with Crippen LogP contribution >= 0.6 is 23.7 Å². The van der Waals surface area contributed by atoms with E-state index in [1.165, 1.54) is 0 Å². The zero-order valence-electron chi connectivity index (χ0n) is 21.9. The van der Waals surface area contributed by atoms with Gasteiger partial charge >= 0.3 is 11.9 Å². The molecule has 1 aromatic heterocycles. The highest BCUT2D eigenvalue weighted by molar-refractivity contribution is 7.25. The van der Waals surface area contributed by atoms with Gasteiger partial charge < -0.3 is 19.3 Å². The molecule has 0 saturated heterocycles. The van der Waals surface area contributed by atoms with Crippen LogP contribution in [0.1, 0.15) is 61.3 Å². The van der Waals surface area contributed by atoms with E-state index in [0.717, 1.165) is 72.3 Å². The lowest BCUT2D eigenvalue weighted by atomic mass is 10.1. The van der Waals surface area contributed by atoms with Crippen molar-refractivity contribution in [2.24, 2.45) is 0 Å². The SMILES string of the molecule is CCN(CC)CCCOC(=O)c1ccc2sc3ccc(C(=O)OCCCN(CC)CC)cc3c2c1.Cl. The van der Waals surface area contributed by atoms with E-state index in [2.05, 4.69) is 37.5 Å². The van der Waals surface area contributed by atoms with Crippen LogP contribution in [0.15, 0.2) is 36.4 Å². The third kappa shape index (κ3) is 7.90. The van der Waals surface area contributed by atoms with Crippen molar-refractivity contribution in [3.8, 4) is 0 Å². The van der Waals surface area contributed by atoms with Gasteiger partial charge in [-0.1, -0.05) is 27.7 Å².